The van der Waals surface area contributed by atoms with Crippen molar-refractivity contribution in [3.05, 3.63) is 46.4 Å². The molecule has 1 nitrogen and oxygen atoms in total. The predicted molar refractivity (Wildman–Crippen MR) is 96.5 cm³/mol. The molecule has 0 fully saturated rings. The Morgan fingerprint density at radius 2 is 1.76 bits per heavy atom. The summed E-state index contributed by atoms with van der Waals surface area (Å²) in [5.74, 6) is 0.751. The quantitative estimate of drug-likeness (QED) is 0.632. The van der Waals surface area contributed by atoms with Crippen LogP contribution in [0.3, 0.4) is 0 Å². The number of rotatable bonds is 7. The minimum Gasteiger partial charge on any atom is -0.324 e. The zero-order valence-electron chi connectivity index (χ0n) is 13.1. The topological polar surface area (TPSA) is 26.0 Å². The first-order valence-corrected chi connectivity index (χ1v) is 8.88. The van der Waals surface area contributed by atoms with E-state index in [0.717, 1.165) is 16.8 Å². The second kappa shape index (κ2) is 7.95. The summed E-state index contributed by atoms with van der Waals surface area (Å²) in [4.78, 5) is 0. The summed E-state index contributed by atoms with van der Waals surface area (Å²) in [5.41, 5.74) is 7.72. The van der Waals surface area contributed by atoms with Gasteiger partial charge in [0, 0.05) is 10.5 Å². The van der Waals surface area contributed by atoms with Crippen molar-refractivity contribution in [1.82, 2.24) is 0 Å². The fourth-order valence-electron chi connectivity index (χ4n) is 2.94. The van der Waals surface area contributed by atoms with E-state index in [1.807, 2.05) is 0 Å². The van der Waals surface area contributed by atoms with Gasteiger partial charge in [0.1, 0.15) is 0 Å². The Bertz CT molecular complexity index is 579. The molecule has 114 valence electrons. The highest BCUT2D eigenvalue weighted by atomic mass is 79.9. The maximum absolute atomic E-state index is 6.45. The molecule has 0 aliphatic rings. The van der Waals surface area contributed by atoms with Gasteiger partial charge < -0.3 is 5.73 Å². The smallest absolute Gasteiger partial charge is 0.0297 e. The number of nitrogens with two attached hydrogens (primary N) is 1. The summed E-state index contributed by atoms with van der Waals surface area (Å²) in [5, 5.41) is 2.53. The van der Waals surface area contributed by atoms with Gasteiger partial charge in [-0.3, -0.25) is 0 Å². The van der Waals surface area contributed by atoms with Crippen LogP contribution in [0.5, 0.6) is 0 Å². The van der Waals surface area contributed by atoms with Crippen LogP contribution in [0.25, 0.3) is 10.8 Å². The molecule has 2 aromatic carbocycles. The second-order valence-electron chi connectivity index (χ2n) is 6.01. The minimum atomic E-state index is 0.153. The fraction of sp³-hybridized carbons (Fsp3) is 0.474. The van der Waals surface area contributed by atoms with Gasteiger partial charge in [-0.1, -0.05) is 73.7 Å². The zero-order valence-corrected chi connectivity index (χ0v) is 14.7. The van der Waals surface area contributed by atoms with E-state index in [0.29, 0.717) is 0 Å². The van der Waals surface area contributed by atoms with Gasteiger partial charge in [0.25, 0.3) is 0 Å². The van der Waals surface area contributed by atoms with Gasteiger partial charge in [-0.25, -0.2) is 0 Å². The molecule has 0 saturated heterocycles. The van der Waals surface area contributed by atoms with E-state index in [9.17, 15) is 0 Å². The molecular formula is C19H26BrN. The molecule has 0 spiro atoms. The van der Waals surface area contributed by atoms with Crippen LogP contribution in [0.4, 0.5) is 0 Å². The standard InChI is InChI=1S/C19H26BrN/c1-3-5-6-14(4-2)11-19(21)17-8-7-16-13-18(20)10-9-15(16)12-17/h7-10,12-14,19H,3-6,11,21H2,1-2H3. The third-order valence-electron chi connectivity index (χ3n) is 4.39. The van der Waals surface area contributed by atoms with Crippen molar-refractivity contribution in [1.29, 1.82) is 0 Å². The van der Waals surface area contributed by atoms with Gasteiger partial charge in [0.2, 0.25) is 0 Å². The minimum absolute atomic E-state index is 0.153. The summed E-state index contributed by atoms with van der Waals surface area (Å²) in [6, 6.07) is 13.2. The molecule has 0 aromatic heterocycles. The molecular weight excluding hydrogens is 322 g/mol. The van der Waals surface area contributed by atoms with E-state index in [1.165, 1.54) is 42.0 Å². The Balaban J connectivity index is 2.11. The number of benzene rings is 2. The molecule has 0 bridgehead atoms. The Morgan fingerprint density at radius 1 is 1.05 bits per heavy atom. The Morgan fingerprint density at radius 3 is 2.48 bits per heavy atom. The largest absolute Gasteiger partial charge is 0.324 e. The van der Waals surface area contributed by atoms with E-state index >= 15 is 0 Å². The average Bonchev–Trinajstić information content (AvgIpc) is 2.50. The summed E-state index contributed by atoms with van der Waals surface area (Å²) in [7, 11) is 0. The van der Waals surface area contributed by atoms with Crippen LogP contribution in [0.2, 0.25) is 0 Å². The van der Waals surface area contributed by atoms with Gasteiger partial charge in [-0.05, 0) is 46.9 Å². The molecule has 2 unspecified atom stereocenters. The molecule has 0 heterocycles. The molecule has 2 atom stereocenters. The molecule has 2 N–H and O–H groups in total. The summed E-state index contributed by atoms with van der Waals surface area (Å²) in [6.07, 6.45) is 6.22. The van der Waals surface area contributed by atoms with E-state index in [1.54, 1.807) is 0 Å². The number of halogens is 1. The second-order valence-corrected chi connectivity index (χ2v) is 6.93. The van der Waals surface area contributed by atoms with Crippen molar-refractivity contribution in [3.63, 3.8) is 0 Å². The van der Waals surface area contributed by atoms with Gasteiger partial charge in [0.15, 0.2) is 0 Å². The van der Waals surface area contributed by atoms with Crippen molar-refractivity contribution < 1.29 is 0 Å². The highest BCUT2D eigenvalue weighted by molar-refractivity contribution is 9.10. The van der Waals surface area contributed by atoms with Crippen LogP contribution < -0.4 is 5.73 Å². The number of unbranched alkanes of at least 4 members (excludes halogenated alkanes) is 1. The zero-order chi connectivity index (χ0) is 15.2. The average molecular weight is 348 g/mol. The molecule has 2 heteroatoms. The SMILES string of the molecule is CCCCC(CC)CC(N)c1ccc2cc(Br)ccc2c1. The lowest BCUT2D eigenvalue weighted by Gasteiger charge is -2.20. The first kappa shape index (κ1) is 16.5. The third-order valence-corrected chi connectivity index (χ3v) is 4.88. The molecule has 2 aromatic rings. The normalized spacial score (nSPS) is 14.3. The van der Waals surface area contributed by atoms with Crippen LogP contribution in [0, 0.1) is 5.92 Å². The van der Waals surface area contributed by atoms with Crippen molar-refractivity contribution in [2.75, 3.05) is 0 Å². The molecule has 0 saturated carbocycles. The lowest BCUT2D eigenvalue weighted by atomic mass is 9.89. The molecule has 0 radical (unpaired) electrons. The van der Waals surface area contributed by atoms with Crippen molar-refractivity contribution >= 4 is 26.7 Å². The van der Waals surface area contributed by atoms with Gasteiger partial charge >= 0.3 is 0 Å². The van der Waals surface area contributed by atoms with Crippen molar-refractivity contribution in [3.8, 4) is 0 Å². The Hall–Kier alpha value is -0.860. The van der Waals surface area contributed by atoms with Crippen LogP contribution in [0.15, 0.2) is 40.9 Å². The predicted octanol–water partition coefficient (Wildman–Crippen LogP) is 6.21. The Kier molecular flexibility index (Phi) is 6.25. The summed E-state index contributed by atoms with van der Waals surface area (Å²) in [6.45, 7) is 4.54. The van der Waals surface area contributed by atoms with E-state index in [2.05, 4.69) is 66.2 Å². The first-order valence-electron chi connectivity index (χ1n) is 8.08. The Labute approximate surface area is 137 Å². The number of fused-ring (bicyclic) bond motifs is 1. The molecule has 21 heavy (non-hydrogen) atoms. The number of hydrogen-bond donors (Lipinski definition) is 1. The van der Waals surface area contributed by atoms with Crippen molar-refractivity contribution in [2.24, 2.45) is 11.7 Å². The third kappa shape index (κ3) is 4.55. The highest BCUT2D eigenvalue weighted by Gasteiger charge is 2.13. The van der Waals surface area contributed by atoms with Crippen molar-refractivity contribution in [2.45, 2.75) is 52.0 Å². The summed E-state index contributed by atoms with van der Waals surface area (Å²) >= 11 is 3.52. The maximum Gasteiger partial charge on any atom is 0.0297 e. The van der Waals surface area contributed by atoms with E-state index < -0.39 is 0 Å². The molecule has 0 aliphatic carbocycles. The lowest BCUT2D eigenvalue weighted by molar-refractivity contribution is 0.388. The monoisotopic (exact) mass is 347 g/mol. The van der Waals surface area contributed by atoms with Crippen LogP contribution >= 0.6 is 15.9 Å². The molecule has 0 aliphatic heterocycles. The van der Waals surface area contributed by atoms with Crippen LogP contribution in [-0.4, -0.2) is 0 Å². The van der Waals surface area contributed by atoms with E-state index in [-0.39, 0.29) is 6.04 Å². The lowest BCUT2D eigenvalue weighted by Crippen LogP contribution is -2.15. The van der Waals surface area contributed by atoms with Gasteiger partial charge in [-0.15, -0.1) is 0 Å². The highest BCUT2D eigenvalue weighted by Crippen LogP contribution is 2.28. The van der Waals surface area contributed by atoms with Gasteiger partial charge in [-0.2, -0.15) is 0 Å². The first-order chi connectivity index (χ1) is 10.1. The van der Waals surface area contributed by atoms with E-state index in [4.69, 9.17) is 5.73 Å². The van der Waals surface area contributed by atoms with Crippen LogP contribution in [0.1, 0.15) is 57.6 Å². The molecule has 0 amide bonds. The maximum atomic E-state index is 6.45. The fourth-order valence-corrected chi connectivity index (χ4v) is 3.32. The molecule has 2 rings (SSSR count). The summed E-state index contributed by atoms with van der Waals surface area (Å²) < 4.78 is 1.12. The van der Waals surface area contributed by atoms with Gasteiger partial charge in [0.05, 0.1) is 0 Å². The van der Waals surface area contributed by atoms with Crippen LogP contribution in [-0.2, 0) is 0 Å². The number of hydrogen-bond acceptors (Lipinski definition) is 1.